The number of carbonyl (C=O) groups is 4. The van der Waals surface area contributed by atoms with Gasteiger partial charge >= 0.3 is 12.1 Å². The molecule has 2 atom stereocenters. The lowest BCUT2D eigenvalue weighted by Gasteiger charge is -2.27. The van der Waals surface area contributed by atoms with Crippen LogP contribution in [-0.2, 0) is 42.8 Å². The lowest BCUT2D eigenvalue weighted by atomic mass is 9.87. The van der Waals surface area contributed by atoms with Crippen molar-refractivity contribution in [2.75, 3.05) is 78.0 Å². The third kappa shape index (κ3) is 17.8. The molecule has 4 aromatic rings. The molecule has 2 amide bonds. The van der Waals surface area contributed by atoms with Gasteiger partial charge in [0.2, 0.25) is 5.91 Å². The van der Waals surface area contributed by atoms with E-state index in [1.165, 1.54) is 12.0 Å². The van der Waals surface area contributed by atoms with Gasteiger partial charge in [0.15, 0.2) is 5.78 Å². The SMILES string of the molecule is COC(=O)C[C@@H](CC(=O)[C@H](COCCOCCOCCOCCN=[N+]=[N-])NC(=O)CCCN(C(=O)OC(C)(C)C)c1cc(C)ccn1)c1ccc(-c2cccc3ccccc23)cc1. The minimum atomic E-state index is -1.05. The van der Waals surface area contributed by atoms with Gasteiger partial charge in [-0.1, -0.05) is 71.8 Å². The van der Waals surface area contributed by atoms with Crippen LogP contribution in [0.2, 0.25) is 0 Å². The van der Waals surface area contributed by atoms with E-state index >= 15 is 0 Å². The van der Waals surface area contributed by atoms with E-state index in [-0.39, 0.29) is 64.4 Å². The first kappa shape index (κ1) is 49.8. The summed E-state index contributed by atoms with van der Waals surface area (Å²) < 4.78 is 32.9. The maximum absolute atomic E-state index is 14.1. The number of nitrogens with one attached hydrogen (secondary N) is 1. The standard InChI is InChI=1S/C47H60N6O10/c1-34-19-20-49-43(30-34)53(46(57)63-47(2,3)4)22-9-14-44(55)51-41(33-62-29-28-61-27-26-60-25-24-59-23-21-50-52-48)42(54)31-38(32-45(56)58-5)35-15-17-37(18-16-35)40-13-8-11-36-10-6-7-12-39(36)40/h6-8,10-13,15-20,30,38,41H,9,14,21-29,31-33H2,1-5H3,(H,51,55)/t38-,41+/m1/s1. The highest BCUT2D eigenvalue weighted by atomic mass is 16.6. The number of aromatic nitrogens is 1. The van der Waals surface area contributed by atoms with E-state index in [9.17, 15) is 19.2 Å². The number of esters is 1. The van der Waals surface area contributed by atoms with Crippen LogP contribution in [0.25, 0.3) is 32.3 Å². The zero-order valence-corrected chi connectivity index (χ0v) is 37.0. The Hall–Kier alpha value is -5.90. The Morgan fingerprint density at radius 2 is 1.51 bits per heavy atom. The second-order valence-corrected chi connectivity index (χ2v) is 15.7. The molecule has 0 fully saturated rings. The number of aryl methyl sites for hydroxylation is 1. The number of Topliss-reactive ketones (excluding diaryl/α,β-unsaturated/α-hetero) is 1. The summed E-state index contributed by atoms with van der Waals surface area (Å²) in [5.41, 5.74) is 11.3. The summed E-state index contributed by atoms with van der Waals surface area (Å²) in [6.45, 7) is 9.45. The van der Waals surface area contributed by atoms with Crippen LogP contribution >= 0.6 is 0 Å². The molecule has 0 bridgehead atoms. The first-order chi connectivity index (χ1) is 30.4. The molecule has 63 heavy (non-hydrogen) atoms. The zero-order chi connectivity index (χ0) is 45.5. The van der Waals surface area contributed by atoms with Crippen LogP contribution in [0.1, 0.15) is 63.5 Å². The van der Waals surface area contributed by atoms with Crippen molar-refractivity contribution in [3.05, 3.63) is 107 Å². The number of amides is 2. The van der Waals surface area contributed by atoms with E-state index < -0.39 is 35.5 Å². The van der Waals surface area contributed by atoms with Crippen molar-refractivity contribution in [1.82, 2.24) is 10.3 Å². The van der Waals surface area contributed by atoms with Crippen LogP contribution in [0.3, 0.4) is 0 Å². The molecule has 0 spiro atoms. The monoisotopic (exact) mass is 868 g/mol. The van der Waals surface area contributed by atoms with Crippen molar-refractivity contribution in [1.29, 1.82) is 0 Å². The molecule has 0 radical (unpaired) electrons. The molecule has 0 aliphatic carbocycles. The van der Waals surface area contributed by atoms with Gasteiger partial charge in [0.25, 0.3) is 0 Å². The van der Waals surface area contributed by atoms with Gasteiger partial charge in [-0.05, 0) is 84.8 Å². The Kier molecular flexibility index (Phi) is 21.0. The molecule has 1 aromatic heterocycles. The Morgan fingerprint density at radius 1 is 0.841 bits per heavy atom. The first-order valence-electron chi connectivity index (χ1n) is 21.1. The molecule has 0 aliphatic heterocycles. The Labute approximate surface area is 369 Å². The minimum Gasteiger partial charge on any atom is -0.469 e. The van der Waals surface area contributed by atoms with E-state index in [4.69, 9.17) is 34.0 Å². The third-order valence-corrected chi connectivity index (χ3v) is 9.67. The molecule has 3 aromatic carbocycles. The maximum Gasteiger partial charge on any atom is 0.416 e. The molecule has 16 heteroatoms. The van der Waals surface area contributed by atoms with Crippen LogP contribution in [0.5, 0.6) is 0 Å². The number of anilines is 1. The smallest absolute Gasteiger partial charge is 0.416 e. The van der Waals surface area contributed by atoms with Crippen molar-refractivity contribution >= 4 is 40.3 Å². The number of rotatable bonds is 27. The van der Waals surface area contributed by atoms with E-state index in [0.717, 1.165) is 33.0 Å². The fourth-order valence-corrected chi connectivity index (χ4v) is 6.56. The number of carbonyl (C=O) groups excluding carboxylic acids is 4. The van der Waals surface area contributed by atoms with Gasteiger partial charge in [-0.25, -0.2) is 9.78 Å². The molecule has 1 N–H and O–H groups in total. The fraction of sp³-hybridized carbons (Fsp3) is 0.468. The first-order valence-corrected chi connectivity index (χ1v) is 21.1. The fourth-order valence-electron chi connectivity index (χ4n) is 6.56. The van der Waals surface area contributed by atoms with Gasteiger partial charge in [-0.3, -0.25) is 19.3 Å². The summed E-state index contributed by atoms with van der Waals surface area (Å²) in [5.74, 6) is -1.37. The summed E-state index contributed by atoms with van der Waals surface area (Å²) in [6, 6.07) is 24.6. The van der Waals surface area contributed by atoms with Gasteiger partial charge in [0.05, 0.1) is 66.4 Å². The van der Waals surface area contributed by atoms with Crippen LogP contribution < -0.4 is 10.2 Å². The number of hydrogen-bond acceptors (Lipinski definition) is 12. The van der Waals surface area contributed by atoms with Crippen LogP contribution in [-0.4, -0.2) is 113 Å². The van der Waals surface area contributed by atoms with Crippen LogP contribution in [0.4, 0.5) is 10.6 Å². The minimum absolute atomic E-state index is 0.0158. The van der Waals surface area contributed by atoms with E-state index in [1.807, 2.05) is 55.5 Å². The van der Waals surface area contributed by atoms with Gasteiger partial charge in [-0.15, -0.1) is 0 Å². The topological polar surface area (TPSA) is 201 Å². The van der Waals surface area contributed by atoms with E-state index in [2.05, 4.69) is 44.6 Å². The third-order valence-electron chi connectivity index (χ3n) is 9.67. The second kappa shape index (κ2) is 26.5. The van der Waals surface area contributed by atoms with Crippen molar-refractivity contribution in [2.45, 2.75) is 70.9 Å². The molecule has 16 nitrogen and oxygen atoms in total. The lowest BCUT2D eigenvalue weighted by Crippen LogP contribution is -2.45. The van der Waals surface area contributed by atoms with E-state index in [0.29, 0.717) is 38.9 Å². The Balaban J connectivity index is 1.41. The van der Waals surface area contributed by atoms with Crippen molar-refractivity contribution in [2.24, 2.45) is 5.11 Å². The van der Waals surface area contributed by atoms with Crippen LogP contribution in [0, 0.1) is 6.92 Å². The van der Waals surface area contributed by atoms with Crippen molar-refractivity contribution in [3.63, 3.8) is 0 Å². The largest absolute Gasteiger partial charge is 0.469 e. The molecule has 4 rings (SSSR count). The van der Waals surface area contributed by atoms with Gasteiger partial charge in [0, 0.05) is 43.0 Å². The predicted octanol–water partition coefficient (Wildman–Crippen LogP) is 7.90. The Bertz CT molecular complexity index is 2110. The number of methoxy groups -OCH3 is 1. The summed E-state index contributed by atoms with van der Waals surface area (Å²) in [5, 5.41) is 8.47. The average molecular weight is 869 g/mol. The summed E-state index contributed by atoms with van der Waals surface area (Å²) >= 11 is 0. The van der Waals surface area contributed by atoms with Gasteiger partial charge in [0.1, 0.15) is 17.5 Å². The summed E-state index contributed by atoms with van der Waals surface area (Å²) in [6.07, 6.45) is 1.11. The van der Waals surface area contributed by atoms with Crippen molar-refractivity contribution in [3.8, 4) is 11.1 Å². The molecule has 0 unspecified atom stereocenters. The number of azide groups is 1. The number of fused-ring (bicyclic) bond motifs is 1. The predicted molar refractivity (Wildman–Crippen MR) is 239 cm³/mol. The average Bonchev–Trinajstić information content (AvgIpc) is 3.26. The second-order valence-electron chi connectivity index (χ2n) is 15.7. The molecule has 0 saturated heterocycles. The molecular formula is C47H60N6O10. The number of ketones is 1. The molecule has 338 valence electrons. The molecule has 1 heterocycles. The van der Waals surface area contributed by atoms with Gasteiger partial charge in [-0.2, -0.15) is 0 Å². The number of nitrogens with zero attached hydrogens (tertiary/aromatic N) is 5. The number of benzene rings is 3. The zero-order valence-electron chi connectivity index (χ0n) is 37.0. The quantitative estimate of drug-likeness (QED) is 0.0201. The highest BCUT2D eigenvalue weighted by Gasteiger charge is 2.28. The number of ether oxygens (including phenoxy) is 6. The number of pyridine rings is 1. The van der Waals surface area contributed by atoms with Crippen molar-refractivity contribution < 1.29 is 47.6 Å². The molecular weight excluding hydrogens is 809 g/mol. The van der Waals surface area contributed by atoms with E-state index in [1.54, 1.807) is 33.0 Å². The highest BCUT2D eigenvalue weighted by Crippen LogP contribution is 2.32. The Morgan fingerprint density at radius 3 is 2.17 bits per heavy atom. The maximum atomic E-state index is 14.1. The molecule has 0 aliphatic rings. The summed E-state index contributed by atoms with van der Waals surface area (Å²) in [7, 11) is 1.31. The normalized spacial score (nSPS) is 12.2. The lowest BCUT2D eigenvalue weighted by molar-refractivity contribution is -0.141. The highest BCUT2D eigenvalue weighted by molar-refractivity contribution is 5.96. The van der Waals surface area contributed by atoms with Crippen LogP contribution in [0.15, 0.2) is 90.2 Å². The molecule has 0 saturated carbocycles. The van der Waals surface area contributed by atoms with Gasteiger partial charge < -0.3 is 33.7 Å². The summed E-state index contributed by atoms with van der Waals surface area (Å²) in [4.78, 5) is 62.0. The number of hydrogen-bond donors (Lipinski definition) is 1.